The molecule has 3 nitrogen and oxygen atoms in total. The zero-order valence-corrected chi connectivity index (χ0v) is 7.91. The number of hydrogen-bond donors (Lipinski definition) is 0. The van der Waals surface area contributed by atoms with Gasteiger partial charge in [0.1, 0.15) is 0 Å². The molecule has 0 aliphatic heterocycles. The van der Waals surface area contributed by atoms with E-state index in [4.69, 9.17) is 22.5 Å². The molecule has 0 aromatic rings. The van der Waals surface area contributed by atoms with E-state index in [1.807, 2.05) is 0 Å². The van der Waals surface area contributed by atoms with Gasteiger partial charge in [0.15, 0.2) is 0 Å². The minimum atomic E-state index is -3.68. The summed E-state index contributed by atoms with van der Waals surface area (Å²) >= 11 is 9.90. The molecule has 0 fully saturated rings. The summed E-state index contributed by atoms with van der Waals surface area (Å²) in [6.45, 7) is 3.18. The van der Waals surface area contributed by atoms with Crippen molar-refractivity contribution in [2.75, 3.05) is 0 Å². The van der Waals surface area contributed by atoms with Crippen LogP contribution >= 0.6 is 28.6 Å². The standard InChI is InChI=1S/C4H7Cl2O3P/c1-3(2)4(7)9-10(5,6)8/h3H,1-2H3. The zero-order chi connectivity index (χ0) is 8.36. The topological polar surface area (TPSA) is 43.4 Å². The van der Waals surface area contributed by atoms with Crippen molar-refractivity contribution < 1.29 is 13.9 Å². The third kappa shape index (κ3) is 5.10. The minimum Gasteiger partial charge on any atom is -0.389 e. The number of carbonyl (C=O) groups excluding carboxylic acids is 1. The number of carbonyl (C=O) groups is 1. The Kier molecular flexibility index (Phi) is 3.71. The lowest BCUT2D eigenvalue weighted by Gasteiger charge is -2.05. The van der Waals surface area contributed by atoms with Gasteiger partial charge in [-0.2, -0.15) is 0 Å². The second-order valence-electron chi connectivity index (χ2n) is 1.98. The molecule has 60 valence electrons. The Labute approximate surface area is 68.7 Å². The van der Waals surface area contributed by atoms with Crippen LogP contribution in [0.3, 0.4) is 0 Å². The SMILES string of the molecule is CC(C)C(=O)OP(=O)(Cl)Cl. The molecule has 0 aromatic heterocycles. The molecule has 0 unspecified atom stereocenters. The maximum atomic E-state index is 10.6. The zero-order valence-electron chi connectivity index (χ0n) is 5.51. The number of rotatable bonds is 2. The molecular formula is C4H7Cl2O3P. The second-order valence-corrected chi connectivity index (χ2v) is 6.18. The van der Waals surface area contributed by atoms with E-state index < -0.39 is 12.0 Å². The van der Waals surface area contributed by atoms with Gasteiger partial charge in [0, 0.05) is 22.5 Å². The van der Waals surface area contributed by atoms with Gasteiger partial charge in [0.05, 0.1) is 5.92 Å². The van der Waals surface area contributed by atoms with Crippen molar-refractivity contribution in [2.45, 2.75) is 13.8 Å². The van der Waals surface area contributed by atoms with E-state index in [0.29, 0.717) is 0 Å². The van der Waals surface area contributed by atoms with E-state index in [9.17, 15) is 9.36 Å². The molecule has 0 bridgehead atoms. The van der Waals surface area contributed by atoms with Gasteiger partial charge in [-0.25, -0.2) is 4.57 Å². The lowest BCUT2D eigenvalue weighted by atomic mass is 10.2. The predicted molar refractivity (Wildman–Crippen MR) is 40.2 cm³/mol. The Bertz CT molecular complexity index is 173. The van der Waals surface area contributed by atoms with Crippen LogP contribution in [0.15, 0.2) is 0 Å². The lowest BCUT2D eigenvalue weighted by Crippen LogP contribution is -2.07. The molecule has 0 saturated heterocycles. The Morgan fingerprint density at radius 2 is 1.90 bits per heavy atom. The van der Waals surface area contributed by atoms with Gasteiger partial charge in [-0.1, -0.05) is 13.8 Å². The molecule has 0 atom stereocenters. The quantitative estimate of drug-likeness (QED) is 0.650. The fourth-order valence-electron chi connectivity index (χ4n) is 0.210. The van der Waals surface area contributed by atoms with Crippen LogP contribution < -0.4 is 0 Å². The van der Waals surface area contributed by atoms with Crippen molar-refractivity contribution in [3.63, 3.8) is 0 Å². The molecule has 0 saturated carbocycles. The van der Waals surface area contributed by atoms with Gasteiger partial charge in [-0.3, -0.25) is 4.79 Å². The molecular weight excluding hydrogens is 198 g/mol. The van der Waals surface area contributed by atoms with Crippen molar-refractivity contribution in [2.24, 2.45) is 5.92 Å². The first kappa shape index (κ1) is 10.3. The summed E-state index contributed by atoms with van der Waals surface area (Å²) in [7, 11) is 0. The number of hydrogen-bond acceptors (Lipinski definition) is 3. The summed E-state index contributed by atoms with van der Waals surface area (Å²) in [4.78, 5) is 10.6. The lowest BCUT2D eigenvalue weighted by molar-refractivity contribution is -0.137. The first-order chi connectivity index (χ1) is 4.33. The minimum absolute atomic E-state index is 0.370. The average molecular weight is 205 g/mol. The Balaban J connectivity index is 3.94. The highest BCUT2D eigenvalue weighted by Crippen LogP contribution is 2.57. The Morgan fingerprint density at radius 1 is 1.50 bits per heavy atom. The van der Waals surface area contributed by atoms with Gasteiger partial charge in [0.25, 0.3) is 0 Å². The Morgan fingerprint density at radius 3 is 2.00 bits per heavy atom. The molecule has 10 heavy (non-hydrogen) atoms. The summed E-state index contributed by atoms with van der Waals surface area (Å²) < 4.78 is 14.6. The van der Waals surface area contributed by atoms with E-state index in [2.05, 4.69) is 4.52 Å². The highest BCUT2D eigenvalue weighted by atomic mass is 35.9. The summed E-state index contributed by atoms with van der Waals surface area (Å²) in [5, 5.41) is 0. The van der Waals surface area contributed by atoms with Gasteiger partial charge >= 0.3 is 12.0 Å². The van der Waals surface area contributed by atoms with Crippen molar-refractivity contribution in [3.8, 4) is 0 Å². The molecule has 0 amide bonds. The second kappa shape index (κ2) is 3.61. The van der Waals surface area contributed by atoms with Gasteiger partial charge in [0.2, 0.25) is 0 Å². The normalized spacial score (nSPS) is 11.7. The molecule has 0 N–H and O–H groups in total. The molecule has 0 radical (unpaired) electrons. The van der Waals surface area contributed by atoms with Gasteiger partial charge in [-0.05, 0) is 0 Å². The third-order valence-electron chi connectivity index (χ3n) is 0.668. The molecule has 0 heterocycles. The van der Waals surface area contributed by atoms with E-state index in [1.165, 1.54) is 0 Å². The van der Waals surface area contributed by atoms with Crippen LogP contribution in [-0.4, -0.2) is 5.97 Å². The summed E-state index contributed by atoms with van der Waals surface area (Å²) in [5.41, 5.74) is 0. The number of halogens is 2. The van der Waals surface area contributed by atoms with Crippen LogP contribution in [0.4, 0.5) is 0 Å². The van der Waals surface area contributed by atoms with Crippen LogP contribution in [-0.2, 0) is 13.9 Å². The maximum Gasteiger partial charge on any atom is 0.430 e. The highest BCUT2D eigenvalue weighted by Gasteiger charge is 2.21. The molecule has 0 rings (SSSR count). The smallest absolute Gasteiger partial charge is 0.389 e. The van der Waals surface area contributed by atoms with Crippen molar-refractivity contribution >= 4 is 34.5 Å². The van der Waals surface area contributed by atoms with Gasteiger partial charge < -0.3 is 4.52 Å². The van der Waals surface area contributed by atoms with Crippen LogP contribution in [0.5, 0.6) is 0 Å². The monoisotopic (exact) mass is 204 g/mol. The average Bonchev–Trinajstić information content (AvgIpc) is 1.60. The summed E-state index contributed by atoms with van der Waals surface area (Å²) in [6.07, 6.45) is -3.68. The van der Waals surface area contributed by atoms with Crippen LogP contribution in [0.25, 0.3) is 0 Å². The summed E-state index contributed by atoms with van der Waals surface area (Å²) in [5.74, 6) is -1.03. The van der Waals surface area contributed by atoms with E-state index in [-0.39, 0.29) is 5.92 Å². The van der Waals surface area contributed by atoms with Crippen molar-refractivity contribution in [1.82, 2.24) is 0 Å². The first-order valence-corrected chi connectivity index (χ1v) is 5.99. The van der Waals surface area contributed by atoms with Gasteiger partial charge in [-0.15, -0.1) is 0 Å². The van der Waals surface area contributed by atoms with Crippen LogP contribution in [0.1, 0.15) is 13.8 Å². The van der Waals surface area contributed by atoms with E-state index in [1.54, 1.807) is 13.8 Å². The third-order valence-corrected chi connectivity index (χ3v) is 1.47. The molecule has 0 aliphatic carbocycles. The van der Waals surface area contributed by atoms with E-state index >= 15 is 0 Å². The maximum absolute atomic E-state index is 10.6. The summed E-state index contributed by atoms with van der Waals surface area (Å²) in [6, 6.07) is 0. The molecule has 0 spiro atoms. The fourth-order valence-corrected chi connectivity index (χ4v) is 1.04. The van der Waals surface area contributed by atoms with Crippen molar-refractivity contribution in [3.05, 3.63) is 0 Å². The fraction of sp³-hybridized carbons (Fsp3) is 0.750. The molecule has 0 aliphatic rings. The largest absolute Gasteiger partial charge is 0.430 e. The van der Waals surface area contributed by atoms with Crippen molar-refractivity contribution in [1.29, 1.82) is 0 Å². The first-order valence-electron chi connectivity index (χ1n) is 2.55. The highest BCUT2D eigenvalue weighted by molar-refractivity contribution is 8.05. The van der Waals surface area contributed by atoms with E-state index in [0.717, 1.165) is 0 Å². The molecule has 6 heteroatoms. The predicted octanol–water partition coefficient (Wildman–Crippen LogP) is 2.77. The Hall–Kier alpha value is 0.280. The van der Waals surface area contributed by atoms with Crippen LogP contribution in [0, 0.1) is 5.92 Å². The van der Waals surface area contributed by atoms with Crippen LogP contribution in [0.2, 0.25) is 0 Å². The molecule has 0 aromatic carbocycles.